The average Bonchev–Trinajstić information content (AvgIpc) is 2.64. The van der Waals surface area contributed by atoms with Gasteiger partial charge >= 0.3 is 0 Å². The van der Waals surface area contributed by atoms with Gasteiger partial charge in [-0.1, -0.05) is 29.8 Å². The number of aryl methyl sites for hydroxylation is 1. The van der Waals surface area contributed by atoms with E-state index in [1.807, 2.05) is 62.3 Å². The maximum atomic E-state index is 12.1. The van der Waals surface area contributed by atoms with Gasteiger partial charge in [-0.15, -0.1) is 0 Å². The molecule has 0 fully saturated rings. The Kier molecular flexibility index (Phi) is 7.45. The molecule has 0 aliphatic heterocycles. The van der Waals surface area contributed by atoms with E-state index in [4.69, 9.17) is 0 Å². The van der Waals surface area contributed by atoms with Gasteiger partial charge in [0.2, 0.25) is 15.9 Å². The minimum absolute atomic E-state index is 0.0888. The predicted molar refractivity (Wildman–Crippen MR) is 115 cm³/mol. The number of carbonyl (C=O) groups excluding carboxylic acids is 1. The molecule has 0 aromatic heterocycles. The monoisotopic (exact) mass is 403 g/mol. The standard InChI is InChI=1S/C21H29N3O3S/c1-17-7-11-20(12-8-17)24(28(4,26)27)15-5-6-21(25)22-16-18-9-13-19(14-10-18)23(2)3/h7-14H,5-6,15-16H2,1-4H3,(H,22,25). The van der Waals surface area contributed by atoms with Crippen molar-refractivity contribution in [2.45, 2.75) is 26.3 Å². The highest BCUT2D eigenvalue weighted by Crippen LogP contribution is 2.19. The summed E-state index contributed by atoms with van der Waals surface area (Å²) in [6.45, 7) is 2.68. The van der Waals surface area contributed by atoms with Crippen LogP contribution >= 0.6 is 0 Å². The molecule has 2 aromatic rings. The molecular formula is C21H29N3O3S. The highest BCUT2D eigenvalue weighted by atomic mass is 32.2. The van der Waals surface area contributed by atoms with Gasteiger partial charge in [0.15, 0.2) is 0 Å². The highest BCUT2D eigenvalue weighted by molar-refractivity contribution is 7.92. The third-order valence-electron chi connectivity index (χ3n) is 4.43. The van der Waals surface area contributed by atoms with Crippen molar-refractivity contribution in [1.29, 1.82) is 0 Å². The van der Waals surface area contributed by atoms with E-state index >= 15 is 0 Å². The average molecular weight is 404 g/mol. The summed E-state index contributed by atoms with van der Waals surface area (Å²) in [4.78, 5) is 14.1. The molecule has 0 saturated carbocycles. The molecule has 0 saturated heterocycles. The van der Waals surface area contributed by atoms with Crippen LogP contribution in [-0.2, 0) is 21.4 Å². The van der Waals surface area contributed by atoms with Gasteiger partial charge in [-0.25, -0.2) is 8.42 Å². The lowest BCUT2D eigenvalue weighted by Gasteiger charge is -2.22. The Labute approximate surface area is 168 Å². The Bertz CT molecular complexity index is 876. The zero-order valence-electron chi connectivity index (χ0n) is 17.0. The predicted octanol–water partition coefficient (Wildman–Crippen LogP) is 2.92. The summed E-state index contributed by atoms with van der Waals surface area (Å²) in [6, 6.07) is 15.3. The van der Waals surface area contributed by atoms with Gasteiger partial charge in [0.05, 0.1) is 11.9 Å². The molecule has 0 atom stereocenters. The minimum atomic E-state index is -3.40. The molecule has 6 nitrogen and oxygen atoms in total. The van der Waals surface area contributed by atoms with E-state index in [1.165, 1.54) is 10.6 Å². The second kappa shape index (κ2) is 9.59. The molecule has 0 aliphatic rings. The molecule has 0 spiro atoms. The normalized spacial score (nSPS) is 11.1. The van der Waals surface area contributed by atoms with Crippen LogP contribution < -0.4 is 14.5 Å². The van der Waals surface area contributed by atoms with Crippen molar-refractivity contribution in [1.82, 2.24) is 5.32 Å². The van der Waals surface area contributed by atoms with Crippen molar-refractivity contribution in [3.05, 3.63) is 59.7 Å². The van der Waals surface area contributed by atoms with Crippen LogP contribution in [0.4, 0.5) is 11.4 Å². The van der Waals surface area contributed by atoms with Gasteiger partial charge in [-0.3, -0.25) is 9.10 Å². The lowest BCUT2D eigenvalue weighted by molar-refractivity contribution is -0.121. The smallest absolute Gasteiger partial charge is 0.232 e. The fourth-order valence-electron chi connectivity index (χ4n) is 2.78. The Morgan fingerprint density at radius 1 is 0.964 bits per heavy atom. The summed E-state index contributed by atoms with van der Waals surface area (Å²) in [7, 11) is 0.561. The number of nitrogens with zero attached hydrogens (tertiary/aromatic N) is 2. The summed E-state index contributed by atoms with van der Waals surface area (Å²) in [6.07, 6.45) is 1.91. The van der Waals surface area contributed by atoms with Crippen LogP contribution in [0.1, 0.15) is 24.0 Å². The van der Waals surface area contributed by atoms with E-state index in [0.29, 0.717) is 18.7 Å². The topological polar surface area (TPSA) is 69.7 Å². The molecule has 0 aliphatic carbocycles. The molecule has 0 unspecified atom stereocenters. The molecule has 0 radical (unpaired) electrons. The number of sulfonamides is 1. The first kappa shape index (κ1) is 21.8. The summed E-state index contributed by atoms with van der Waals surface area (Å²) < 4.78 is 25.5. The fraction of sp³-hybridized carbons (Fsp3) is 0.381. The van der Waals surface area contributed by atoms with Crippen LogP contribution in [0.15, 0.2) is 48.5 Å². The van der Waals surface area contributed by atoms with Crippen LogP contribution in [0.25, 0.3) is 0 Å². The Morgan fingerprint density at radius 2 is 1.54 bits per heavy atom. The number of nitrogens with one attached hydrogen (secondary N) is 1. The first-order valence-corrected chi connectivity index (χ1v) is 11.1. The second-order valence-electron chi connectivity index (χ2n) is 7.11. The van der Waals surface area contributed by atoms with E-state index in [9.17, 15) is 13.2 Å². The summed E-state index contributed by atoms with van der Waals surface area (Å²) in [5.74, 6) is -0.0888. The number of amides is 1. The highest BCUT2D eigenvalue weighted by Gasteiger charge is 2.17. The van der Waals surface area contributed by atoms with E-state index in [2.05, 4.69) is 5.32 Å². The molecule has 1 amide bonds. The van der Waals surface area contributed by atoms with Gasteiger partial charge in [-0.05, 0) is 43.2 Å². The molecule has 0 heterocycles. The number of carbonyl (C=O) groups is 1. The number of hydrogen-bond acceptors (Lipinski definition) is 4. The zero-order valence-corrected chi connectivity index (χ0v) is 17.8. The Balaban J connectivity index is 1.84. The first-order chi connectivity index (χ1) is 13.2. The van der Waals surface area contributed by atoms with E-state index in [-0.39, 0.29) is 18.9 Å². The minimum Gasteiger partial charge on any atom is -0.378 e. The van der Waals surface area contributed by atoms with Crippen molar-refractivity contribution >= 4 is 27.3 Å². The molecule has 2 rings (SSSR count). The van der Waals surface area contributed by atoms with Crippen molar-refractivity contribution in [3.8, 4) is 0 Å². The van der Waals surface area contributed by atoms with Crippen LogP contribution in [0.5, 0.6) is 0 Å². The van der Waals surface area contributed by atoms with Gasteiger partial charge in [0, 0.05) is 39.3 Å². The van der Waals surface area contributed by atoms with Crippen molar-refractivity contribution < 1.29 is 13.2 Å². The number of rotatable bonds is 9. The SMILES string of the molecule is Cc1ccc(N(CCCC(=O)NCc2ccc(N(C)C)cc2)S(C)(=O)=O)cc1. The maximum absolute atomic E-state index is 12.1. The lowest BCUT2D eigenvalue weighted by atomic mass is 10.2. The van der Waals surface area contributed by atoms with Gasteiger partial charge in [0.25, 0.3) is 0 Å². The third-order valence-corrected chi connectivity index (χ3v) is 5.62. The molecule has 28 heavy (non-hydrogen) atoms. The van der Waals surface area contributed by atoms with Crippen molar-refractivity contribution in [3.63, 3.8) is 0 Å². The van der Waals surface area contributed by atoms with Crippen molar-refractivity contribution in [2.24, 2.45) is 0 Å². The molecule has 0 bridgehead atoms. The quantitative estimate of drug-likeness (QED) is 0.699. The molecule has 7 heteroatoms. The summed E-state index contributed by atoms with van der Waals surface area (Å²) in [5, 5.41) is 2.89. The maximum Gasteiger partial charge on any atom is 0.232 e. The largest absolute Gasteiger partial charge is 0.378 e. The van der Waals surface area contributed by atoms with E-state index in [0.717, 1.165) is 16.8 Å². The van der Waals surface area contributed by atoms with E-state index in [1.54, 1.807) is 12.1 Å². The number of anilines is 2. The van der Waals surface area contributed by atoms with Gasteiger partial charge in [-0.2, -0.15) is 0 Å². The Hall–Kier alpha value is -2.54. The van der Waals surface area contributed by atoms with Crippen molar-refractivity contribution in [2.75, 3.05) is 36.1 Å². The number of benzene rings is 2. The Morgan fingerprint density at radius 3 is 2.07 bits per heavy atom. The first-order valence-electron chi connectivity index (χ1n) is 9.24. The van der Waals surface area contributed by atoms with Gasteiger partial charge < -0.3 is 10.2 Å². The van der Waals surface area contributed by atoms with Crippen LogP contribution in [-0.4, -0.2) is 41.2 Å². The summed E-state index contributed by atoms with van der Waals surface area (Å²) in [5.41, 5.74) is 3.81. The van der Waals surface area contributed by atoms with E-state index < -0.39 is 10.0 Å². The van der Waals surface area contributed by atoms with Crippen LogP contribution in [0.2, 0.25) is 0 Å². The number of hydrogen-bond donors (Lipinski definition) is 1. The molecule has 152 valence electrons. The molecule has 1 N–H and O–H groups in total. The second-order valence-corrected chi connectivity index (χ2v) is 9.02. The summed E-state index contributed by atoms with van der Waals surface area (Å²) >= 11 is 0. The van der Waals surface area contributed by atoms with Gasteiger partial charge in [0.1, 0.15) is 0 Å². The molecule has 2 aromatic carbocycles. The van der Waals surface area contributed by atoms with Crippen LogP contribution in [0.3, 0.4) is 0 Å². The zero-order chi connectivity index (χ0) is 20.7. The third kappa shape index (κ3) is 6.56. The lowest BCUT2D eigenvalue weighted by Crippen LogP contribution is -2.32. The van der Waals surface area contributed by atoms with Crippen LogP contribution in [0, 0.1) is 6.92 Å². The fourth-order valence-corrected chi connectivity index (χ4v) is 3.75. The molecular weight excluding hydrogens is 374 g/mol.